The average molecular weight is 312 g/mol. The summed E-state index contributed by atoms with van der Waals surface area (Å²) in [4.78, 5) is 9.29. The molecule has 2 aromatic heterocycles. The van der Waals surface area contributed by atoms with Crippen LogP contribution in [0.3, 0.4) is 0 Å². The van der Waals surface area contributed by atoms with Crippen LogP contribution in [0.5, 0.6) is 0 Å². The Balaban J connectivity index is 2.19. The summed E-state index contributed by atoms with van der Waals surface area (Å²) in [7, 11) is 0. The summed E-state index contributed by atoms with van der Waals surface area (Å²) in [5.41, 5.74) is 8.95. The first-order chi connectivity index (χ1) is 11.3. The lowest BCUT2D eigenvalue weighted by Gasteiger charge is -2.10. The van der Waals surface area contributed by atoms with Crippen LogP contribution in [0.4, 0.5) is 5.82 Å². The van der Waals surface area contributed by atoms with Crippen LogP contribution in [0.15, 0.2) is 24.3 Å². The number of fused-ring (bicyclic) bond motifs is 3. The van der Waals surface area contributed by atoms with Crippen molar-refractivity contribution in [1.29, 1.82) is 0 Å². The molecule has 0 atom stereocenters. The molecule has 0 bridgehead atoms. The summed E-state index contributed by atoms with van der Waals surface area (Å²) in [6.45, 7) is 3.26. The topological polar surface area (TPSA) is 77.0 Å². The number of unbranched alkanes of at least 4 members (excludes halogenated alkanes) is 2. The molecule has 0 unspecified atom stereocenters. The minimum Gasteiger partial charge on any atom is -0.396 e. The molecule has 0 saturated heterocycles. The lowest BCUT2D eigenvalue weighted by Crippen LogP contribution is -2.05. The molecule has 0 fully saturated rings. The third kappa shape index (κ3) is 3.01. The summed E-state index contributed by atoms with van der Waals surface area (Å²) in [5, 5.41) is 10.2. The molecular weight excluding hydrogens is 288 g/mol. The Morgan fingerprint density at radius 1 is 1.13 bits per heavy atom. The molecule has 5 heteroatoms. The van der Waals surface area contributed by atoms with Gasteiger partial charge in [0, 0.05) is 25.0 Å². The Labute approximate surface area is 136 Å². The molecular formula is C18H24N4O. The van der Waals surface area contributed by atoms with Crippen LogP contribution in [0.1, 0.15) is 38.4 Å². The molecule has 0 aliphatic carbocycles. The van der Waals surface area contributed by atoms with Gasteiger partial charge in [-0.25, -0.2) is 9.97 Å². The first-order valence-electron chi connectivity index (χ1n) is 8.40. The first kappa shape index (κ1) is 15.7. The minimum absolute atomic E-state index is 0.224. The fourth-order valence-electron chi connectivity index (χ4n) is 3.05. The smallest absolute Gasteiger partial charge is 0.152 e. The lowest BCUT2D eigenvalue weighted by molar-refractivity contribution is 0.281. The van der Waals surface area contributed by atoms with Crippen molar-refractivity contribution in [2.24, 2.45) is 0 Å². The third-order valence-electron chi connectivity index (χ3n) is 4.23. The monoisotopic (exact) mass is 312 g/mol. The highest BCUT2D eigenvalue weighted by Crippen LogP contribution is 2.29. The molecule has 2 heterocycles. The zero-order chi connectivity index (χ0) is 16.2. The van der Waals surface area contributed by atoms with Gasteiger partial charge in [-0.2, -0.15) is 0 Å². The maximum atomic E-state index is 9.08. The van der Waals surface area contributed by atoms with Crippen LogP contribution >= 0.6 is 0 Å². The Bertz CT molecular complexity index is 809. The third-order valence-corrected chi connectivity index (χ3v) is 4.23. The van der Waals surface area contributed by atoms with E-state index in [1.165, 1.54) is 0 Å². The van der Waals surface area contributed by atoms with E-state index in [1.807, 2.05) is 18.2 Å². The maximum absolute atomic E-state index is 9.08. The molecule has 0 saturated carbocycles. The number of nitrogen functional groups attached to an aromatic ring is 1. The summed E-state index contributed by atoms with van der Waals surface area (Å²) in [5.74, 6) is 1.57. The molecule has 3 aromatic rings. The molecule has 122 valence electrons. The normalized spacial score (nSPS) is 11.6. The molecule has 0 radical (unpaired) electrons. The molecule has 1 aromatic carbocycles. The van der Waals surface area contributed by atoms with Gasteiger partial charge in [-0.3, -0.25) is 0 Å². The number of para-hydroxylation sites is 1. The number of aliphatic hydroxyl groups excluding tert-OH is 1. The molecule has 0 aliphatic heterocycles. The van der Waals surface area contributed by atoms with E-state index in [1.54, 1.807) is 0 Å². The van der Waals surface area contributed by atoms with Gasteiger partial charge in [0.15, 0.2) is 5.82 Å². The number of aromatic nitrogens is 3. The summed E-state index contributed by atoms with van der Waals surface area (Å²) in [6, 6.07) is 8.07. The zero-order valence-electron chi connectivity index (χ0n) is 13.6. The summed E-state index contributed by atoms with van der Waals surface area (Å²) >= 11 is 0. The van der Waals surface area contributed by atoms with E-state index in [9.17, 15) is 0 Å². The largest absolute Gasteiger partial charge is 0.396 e. The van der Waals surface area contributed by atoms with E-state index in [2.05, 4.69) is 22.5 Å². The molecule has 5 nitrogen and oxygen atoms in total. The second kappa shape index (κ2) is 6.96. The van der Waals surface area contributed by atoms with Gasteiger partial charge in [0.05, 0.1) is 11.0 Å². The van der Waals surface area contributed by atoms with E-state index < -0.39 is 0 Å². The van der Waals surface area contributed by atoms with Crippen LogP contribution in [-0.4, -0.2) is 26.2 Å². The predicted octanol–water partition coefficient (Wildman–Crippen LogP) is 3.28. The minimum atomic E-state index is 0.224. The molecule has 0 aliphatic rings. The van der Waals surface area contributed by atoms with Crippen molar-refractivity contribution in [3.05, 3.63) is 30.1 Å². The van der Waals surface area contributed by atoms with Gasteiger partial charge in [-0.1, -0.05) is 31.5 Å². The number of pyridine rings is 1. The van der Waals surface area contributed by atoms with Gasteiger partial charge in [0.25, 0.3) is 0 Å². The first-order valence-corrected chi connectivity index (χ1v) is 8.40. The number of hydrogen-bond acceptors (Lipinski definition) is 4. The van der Waals surface area contributed by atoms with Gasteiger partial charge in [0.1, 0.15) is 11.3 Å². The SMILES string of the molecule is CCCCc1nc2c(N)nc3ccccc3c2n1CCCCO. The highest BCUT2D eigenvalue weighted by Gasteiger charge is 2.16. The fraction of sp³-hybridized carbons (Fsp3) is 0.444. The van der Waals surface area contributed by atoms with E-state index in [-0.39, 0.29) is 6.61 Å². The number of benzene rings is 1. The number of aliphatic hydroxyl groups is 1. The molecule has 0 spiro atoms. The van der Waals surface area contributed by atoms with Crippen LogP contribution < -0.4 is 5.73 Å². The van der Waals surface area contributed by atoms with Crippen molar-refractivity contribution in [2.45, 2.75) is 45.6 Å². The maximum Gasteiger partial charge on any atom is 0.152 e. The number of nitrogens with two attached hydrogens (primary N) is 1. The quantitative estimate of drug-likeness (QED) is 0.656. The molecule has 3 N–H and O–H groups in total. The molecule has 0 amide bonds. The van der Waals surface area contributed by atoms with Gasteiger partial charge >= 0.3 is 0 Å². The van der Waals surface area contributed by atoms with Crippen molar-refractivity contribution >= 4 is 27.8 Å². The Kier molecular flexibility index (Phi) is 4.76. The van der Waals surface area contributed by atoms with E-state index >= 15 is 0 Å². The number of nitrogens with zero attached hydrogens (tertiary/aromatic N) is 3. The van der Waals surface area contributed by atoms with Crippen molar-refractivity contribution in [3.63, 3.8) is 0 Å². The average Bonchev–Trinajstić information content (AvgIpc) is 2.93. The number of aryl methyl sites for hydroxylation is 2. The van der Waals surface area contributed by atoms with Gasteiger partial charge < -0.3 is 15.4 Å². The lowest BCUT2D eigenvalue weighted by atomic mass is 10.2. The predicted molar refractivity (Wildman–Crippen MR) is 94.4 cm³/mol. The Hall–Kier alpha value is -2.14. The van der Waals surface area contributed by atoms with Crippen molar-refractivity contribution in [1.82, 2.24) is 14.5 Å². The standard InChI is InChI=1S/C18H24N4O/c1-2-3-10-15-21-16-17(22(15)11-6-7-12-23)13-8-4-5-9-14(13)20-18(16)19/h4-5,8-9,23H,2-3,6-7,10-12H2,1H3,(H2,19,20). The van der Waals surface area contributed by atoms with Crippen molar-refractivity contribution in [2.75, 3.05) is 12.3 Å². The van der Waals surface area contributed by atoms with Crippen LogP contribution in [0.25, 0.3) is 21.9 Å². The highest BCUT2D eigenvalue weighted by molar-refractivity contribution is 6.06. The number of imidazole rings is 1. The van der Waals surface area contributed by atoms with Crippen LogP contribution in [0.2, 0.25) is 0 Å². The van der Waals surface area contributed by atoms with Crippen molar-refractivity contribution < 1.29 is 5.11 Å². The zero-order valence-corrected chi connectivity index (χ0v) is 13.6. The van der Waals surface area contributed by atoms with E-state index in [4.69, 9.17) is 15.8 Å². The Morgan fingerprint density at radius 3 is 2.74 bits per heavy atom. The highest BCUT2D eigenvalue weighted by atomic mass is 16.2. The molecule has 3 rings (SSSR count). The fourth-order valence-corrected chi connectivity index (χ4v) is 3.05. The second-order valence-electron chi connectivity index (χ2n) is 5.93. The second-order valence-corrected chi connectivity index (χ2v) is 5.93. The summed E-state index contributed by atoms with van der Waals surface area (Å²) in [6.07, 6.45) is 4.91. The van der Waals surface area contributed by atoms with E-state index in [0.29, 0.717) is 5.82 Å². The number of hydrogen-bond donors (Lipinski definition) is 2. The Morgan fingerprint density at radius 2 is 1.96 bits per heavy atom. The van der Waals surface area contributed by atoms with Crippen LogP contribution in [-0.2, 0) is 13.0 Å². The van der Waals surface area contributed by atoms with Crippen molar-refractivity contribution in [3.8, 4) is 0 Å². The summed E-state index contributed by atoms with van der Waals surface area (Å²) < 4.78 is 2.28. The van der Waals surface area contributed by atoms with Gasteiger partial charge in [-0.05, 0) is 25.3 Å². The van der Waals surface area contributed by atoms with E-state index in [0.717, 1.165) is 66.4 Å². The molecule has 23 heavy (non-hydrogen) atoms. The van der Waals surface area contributed by atoms with Crippen LogP contribution in [0, 0.1) is 0 Å². The number of anilines is 1. The van der Waals surface area contributed by atoms with Gasteiger partial charge in [0.2, 0.25) is 0 Å². The van der Waals surface area contributed by atoms with Gasteiger partial charge in [-0.15, -0.1) is 0 Å². The number of rotatable bonds is 7.